The lowest BCUT2D eigenvalue weighted by Gasteiger charge is -2.15. The molecule has 5 nitrogen and oxygen atoms in total. The second kappa shape index (κ2) is 7.42. The Kier molecular flexibility index (Phi) is 5.71. The normalized spacial score (nSPS) is 12.7. The SMILES string of the molecule is C[C@H](NS(=O)(=O)c1ccc(Cl)cc1)C(=O)Nc1ccc(F)c(F)c1F. The number of halogens is 4. The smallest absolute Gasteiger partial charge is 0.242 e. The molecule has 2 N–H and O–H groups in total. The zero-order chi connectivity index (χ0) is 18.8. The Hall–Kier alpha value is -2.10. The van der Waals surface area contributed by atoms with Gasteiger partial charge in [-0.15, -0.1) is 0 Å². The highest BCUT2D eigenvalue weighted by Crippen LogP contribution is 2.20. The molecule has 0 saturated carbocycles. The van der Waals surface area contributed by atoms with Crippen LogP contribution in [0.25, 0.3) is 0 Å². The molecule has 0 radical (unpaired) electrons. The van der Waals surface area contributed by atoms with Crippen LogP contribution in [-0.4, -0.2) is 20.4 Å². The molecule has 0 bridgehead atoms. The minimum atomic E-state index is -4.04. The van der Waals surface area contributed by atoms with Crippen LogP contribution in [0.1, 0.15) is 6.92 Å². The number of nitrogens with one attached hydrogen (secondary N) is 2. The number of sulfonamides is 1. The van der Waals surface area contributed by atoms with Gasteiger partial charge in [0.25, 0.3) is 0 Å². The third kappa shape index (κ3) is 4.50. The minimum absolute atomic E-state index is 0.129. The van der Waals surface area contributed by atoms with Gasteiger partial charge in [-0.3, -0.25) is 4.79 Å². The molecule has 0 aromatic heterocycles. The molecule has 10 heteroatoms. The number of anilines is 1. The summed E-state index contributed by atoms with van der Waals surface area (Å²) in [5, 5.41) is 2.32. The molecule has 0 unspecified atom stereocenters. The maximum absolute atomic E-state index is 13.5. The zero-order valence-corrected chi connectivity index (χ0v) is 14.3. The molecule has 0 aliphatic heterocycles. The molecular formula is C15H12ClF3N2O3S. The highest BCUT2D eigenvalue weighted by atomic mass is 35.5. The summed E-state index contributed by atoms with van der Waals surface area (Å²) in [6, 6.07) is 5.35. The fourth-order valence-electron chi connectivity index (χ4n) is 1.83. The van der Waals surface area contributed by atoms with Crippen LogP contribution in [-0.2, 0) is 14.8 Å². The Morgan fingerprint density at radius 2 is 1.64 bits per heavy atom. The Morgan fingerprint density at radius 3 is 2.24 bits per heavy atom. The van der Waals surface area contributed by atoms with Gasteiger partial charge in [0.15, 0.2) is 17.5 Å². The summed E-state index contributed by atoms with van der Waals surface area (Å²) >= 11 is 5.67. The van der Waals surface area contributed by atoms with E-state index in [0.717, 1.165) is 6.07 Å². The van der Waals surface area contributed by atoms with Crippen LogP contribution in [0.2, 0.25) is 5.02 Å². The Bertz CT molecular complexity index is 905. The molecule has 2 rings (SSSR count). The molecule has 0 spiro atoms. The monoisotopic (exact) mass is 392 g/mol. The van der Waals surface area contributed by atoms with Gasteiger partial charge in [0.05, 0.1) is 16.6 Å². The molecular weight excluding hydrogens is 381 g/mol. The van der Waals surface area contributed by atoms with Gasteiger partial charge in [-0.2, -0.15) is 4.72 Å². The van der Waals surface area contributed by atoms with Crippen molar-refractivity contribution in [3.8, 4) is 0 Å². The van der Waals surface area contributed by atoms with Gasteiger partial charge in [0.2, 0.25) is 15.9 Å². The van der Waals surface area contributed by atoms with Crippen molar-refractivity contribution in [2.45, 2.75) is 17.9 Å². The minimum Gasteiger partial charge on any atom is -0.322 e. The van der Waals surface area contributed by atoms with Crippen LogP contribution in [0.4, 0.5) is 18.9 Å². The summed E-state index contributed by atoms with van der Waals surface area (Å²) in [6.07, 6.45) is 0. The topological polar surface area (TPSA) is 75.3 Å². The molecule has 0 saturated heterocycles. The van der Waals surface area contributed by atoms with Crippen molar-refractivity contribution in [1.82, 2.24) is 4.72 Å². The molecule has 0 aliphatic rings. The molecule has 2 aromatic carbocycles. The van der Waals surface area contributed by atoms with E-state index < -0.39 is 45.1 Å². The van der Waals surface area contributed by atoms with Gasteiger partial charge in [0, 0.05) is 5.02 Å². The summed E-state index contributed by atoms with van der Waals surface area (Å²) in [6.45, 7) is 1.21. The fraction of sp³-hybridized carbons (Fsp3) is 0.133. The van der Waals surface area contributed by atoms with E-state index in [1.807, 2.05) is 5.32 Å². The van der Waals surface area contributed by atoms with E-state index in [4.69, 9.17) is 11.6 Å². The first-order valence-corrected chi connectivity index (χ1v) is 8.70. The van der Waals surface area contributed by atoms with Crippen molar-refractivity contribution in [3.05, 3.63) is 58.9 Å². The highest BCUT2D eigenvalue weighted by molar-refractivity contribution is 7.89. The fourth-order valence-corrected chi connectivity index (χ4v) is 3.16. The van der Waals surface area contributed by atoms with E-state index in [0.29, 0.717) is 11.1 Å². The third-order valence-electron chi connectivity index (χ3n) is 3.14. The van der Waals surface area contributed by atoms with Crippen molar-refractivity contribution in [1.29, 1.82) is 0 Å². The maximum Gasteiger partial charge on any atom is 0.242 e. The van der Waals surface area contributed by atoms with E-state index in [2.05, 4.69) is 4.72 Å². The lowest BCUT2D eigenvalue weighted by molar-refractivity contribution is -0.117. The van der Waals surface area contributed by atoms with Crippen molar-refractivity contribution in [2.24, 2.45) is 0 Å². The third-order valence-corrected chi connectivity index (χ3v) is 4.95. The van der Waals surface area contributed by atoms with E-state index in [-0.39, 0.29) is 4.90 Å². The molecule has 0 fully saturated rings. The molecule has 2 aromatic rings. The number of benzene rings is 2. The standard InChI is InChI=1S/C15H12ClF3N2O3S/c1-8(21-25(23,24)10-4-2-9(16)3-5-10)15(22)20-12-7-6-11(17)13(18)14(12)19/h2-8,21H,1H3,(H,20,22)/t8-/m0/s1. The number of hydrogen-bond donors (Lipinski definition) is 2. The van der Waals surface area contributed by atoms with Crippen LogP contribution in [0.5, 0.6) is 0 Å². The van der Waals surface area contributed by atoms with E-state index in [1.165, 1.54) is 31.2 Å². The molecule has 134 valence electrons. The predicted molar refractivity (Wildman–Crippen MR) is 86.2 cm³/mol. The predicted octanol–water partition coefficient (Wildman–Crippen LogP) is 3.06. The van der Waals surface area contributed by atoms with Gasteiger partial charge in [-0.05, 0) is 43.3 Å². The first kappa shape index (κ1) is 19.2. The Labute approximate surface area is 146 Å². The van der Waals surface area contributed by atoms with Crippen LogP contribution in [0.3, 0.4) is 0 Å². The first-order valence-electron chi connectivity index (χ1n) is 6.84. The summed E-state index contributed by atoms with van der Waals surface area (Å²) < 4.78 is 66.0. The molecule has 25 heavy (non-hydrogen) atoms. The lowest BCUT2D eigenvalue weighted by Crippen LogP contribution is -2.41. The quantitative estimate of drug-likeness (QED) is 0.768. The van der Waals surface area contributed by atoms with Crippen molar-refractivity contribution in [2.75, 3.05) is 5.32 Å². The highest BCUT2D eigenvalue weighted by Gasteiger charge is 2.23. The van der Waals surface area contributed by atoms with Crippen LogP contribution in [0, 0.1) is 17.5 Å². The largest absolute Gasteiger partial charge is 0.322 e. The van der Waals surface area contributed by atoms with Gasteiger partial charge < -0.3 is 5.32 Å². The average molecular weight is 393 g/mol. The van der Waals surface area contributed by atoms with Gasteiger partial charge in [-0.25, -0.2) is 21.6 Å². The van der Waals surface area contributed by atoms with Crippen LogP contribution < -0.4 is 10.0 Å². The number of amides is 1. The Morgan fingerprint density at radius 1 is 1.04 bits per heavy atom. The lowest BCUT2D eigenvalue weighted by atomic mass is 10.2. The summed E-state index contributed by atoms with van der Waals surface area (Å²) in [5.74, 6) is -5.69. The summed E-state index contributed by atoms with van der Waals surface area (Å²) in [4.78, 5) is 11.9. The summed E-state index contributed by atoms with van der Waals surface area (Å²) in [5.41, 5.74) is -0.610. The second-order valence-electron chi connectivity index (χ2n) is 5.01. The first-order chi connectivity index (χ1) is 11.6. The number of carbonyl (C=O) groups is 1. The summed E-state index contributed by atoms with van der Waals surface area (Å²) in [7, 11) is -4.04. The maximum atomic E-state index is 13.5. The van der Waals surface area contributed by atoms with Crippen molar-refractivity contribution in [3.63, 3.8) is 0 Å². The van der Waals surface area contributed by atoms with Crippen LogP contribution >= 0.6 is 11.6 Å². The second-order valence-corrected chi connectivity index (χ2v) is 7.16. The van der Waals surface area contributed by atoms with E-state index in [1.54, 1.807) is 0 Å². The van der Waals surface area contributed by atoms with E-state index >= 15 is 0 Å². The number of hydrogen-bond acceptors (Lipinski definition) is 3. The average Bonchev–Trinajstić information content (AvgIpc) is 2.55. The van der Waals surface area contributed by atoms with Crippen molar-refractivity contribution < 1.29 is 26.4 Å². The molecule has 0 heterocycles. The molecule has 0 aliphatic carbocycles. The number of rotatable bonds is 5. The zero-order valence-electron chi connectivity index (χ0n) is 12.7. The molecule has 1 atom stereocenters. The van der Waals surface area contributed by atoms with Gasteiger partial charge in [0.1, 0.15) is 0 Å². The molecule has 1 amide bonds. The Balaban J connectivity index is 2.12. The van der Waals surface area contributed by atoms with Crippen LogP contribution in [0.15, 0.2) is 41.3 Å². The van der Waals surface area contributed by atoms with Gasteiger partial charge in [-0.1, -0.05) is 11.6 Å². The van der Waals surface area contributed by atoms with E-state index in [9.17, 15) is 26.4 Å². The number of carbonyl (C=O) groups excluding carboxylic acids is 1. The van der Waals surface area contributed by atoms with Gasteiger partial charge >= 0.3 is 0 Å². The van der Waals surface area contributed by atoms with Crippen molar-refractivity contribution >= 4 is 33.2 Å².